The zero-order chi connectivity index (χ0) is 7.94. The number of hydrogen-bond acceptors (Lipinski definition) is 1. The second-order valence-corrected chi connectivity index (χ2v) is 2.44. The summed E-state index contributed by atoms with van der Waals surface area (Å²) in [5.41, 5.74) is 5.67. The third-order valence-electron chi connectivity index (χ3n) is 1.44. The van der Waals surface area contributed by atoms with Gasteiger partial charge in [-0.25, -0.2) is 0 Å². The van der Waals surface area contributed by atoms with Gasteiger partial charge in [-0.1, -0.05) is 23.7 Å². The quantitative estimate of drug-likeness (QED) is 0.507. The van der Waals surface area contributed by atoms with E-state index in [0.29, 0.717) is 0 Å². The van der Waals surface area contributed by atoms with E-state index in [1.165, 1.54) is 0 Å². The van der Waals surface area contributed by atoms with E-state index in [-0.39, 0.29) is 6.04 Å². The lowest BCUT2D eigenvalue weighted by atomic mass is 10.1. The van der Waals surface area contributed by atoms with Crippen LogP contribution < -0.4 is 5.73 Å². The maximum absolute atomic E-state index is 5.67. The molecule has 1 rings (SSSR count). The van der Waals surface area contributed by atoms with E-state index >= 15 is 0 Å². The number of nitrogens with two attached hydrogens (primary N) is 1. The second kappa shape index (κ2) is 4.61. The van der Waals surface area contributed by atoms with Crippen molar-refractivity contribution in [1.29, 1.82) is 0 Å². The molecule has 0 bridgehead atoms. The molecule has 0 radical (unpaired) electrons. The van der Waals surface area contributed by atoms with Crippen LogP contribution in [-0.2, 0) is 0 Å². The lowest BCUT2D eigenvalue weighted by Crippen LogP contribution is -2.16. The Balaban J connectivity index is 2.59. The smallest absolute Gasteiger partial charge is 0.0668 e. The van der Waals surface area contributed by atoms with E-state index in [0.717, 1.165) is 19.3 Å². The van der Waals surface area contributed by atoms with Gasteiger partial charge in [0.05, 0.1) is 6.04 Å². The SMILES string of the molecule is NC1C#C/C=C\C#CCCC1. The summed E-state index contributed by atoms with van der Waals surface area (Å²) in [5, 5.41) is 0. The average Bonchev–Trinajstić information content (AvgIpc) is 2.03. The number of rotatable bonds is 0. The van der Waals surface area contributed by atoms with Gasteiger partial charge in [-0.05, 0) is 25.0 Å². The highest BCUT2D eigenvalue weighted by Crippen LogP contribution is 1.97. The van der Waals surface area contributed by atoms with Crippen molar-refractivity contribution >= 4 is 0 Å². The number of hydrogen-bond donors (Lipinski definition) is 1. The average molecular weight is 145 g/mol. The van der Waals surface area contributed by atoms with Crippen LogP contribution in [0.25, 0.3) is 0 Å². The molecule has 0 amide bonds. The van der Waals surface area contributed by atoms with Gasteiger partial charge in [0, 0.05) is 6.42 Å². The molecule has 0 spiro atoms. The molecule has 0 heterocycles. The molecule has 1 aliphatic rings. The summed E-state index contributed by atoms with van der Waals surface area (Å²) in [4.78, 5) is 0. The van der Waals surface area contributed by atoms with Crippen molar-refractivity contribution < 1.29 is 0 Å². The fraction of sp³-hybridized carbons (Fsp3) is 0.400. The lowest BCUT2D eigenvalue weighted by Gasteiger charge is -2.00. The molecule has 1 nitrogen and oxygen atoms in total. The largest absolute Gasteiger partial charge is 0.318 e. The van der Waals surface area contributed by atoms with Crippen LogP contribution in [0.3, 0.4) is 0 Å². The Bertz CT molecular complexity index is 254. The molecule has 1 heteroatoms. The zero-order valence-corrected chi connectivity index (χ0v) is 6.43. The van der Waals surface area contributed by atoms with Crippen LogP contribution >= 0.6 is 0 Å². The van der Waals surface area contributed by atoms with Crippen LogP contribution in [0.1, 0.15) is 19.3 Å². The third-order valence-corrected chi connectivity index (χ3v) is 1.44. The Morgan fingerprint density at radius 2 is 2.09 bits per heavy atom. The molecule has 2 N–H and O–H groups in total. The Morgan fingerprint density at radius 3 is 3.00 bits per heavy atom. The fourth-order valence-electron chi connectivity index (χ4n) is 0.852. The van der Waals surface area contributed by atoms with Crippen molar-refractivity contribution in [2.24, 2.45) is 5.73 Å². The molecule has 0 aromatic heterocycles. The second-order valence-electron chi connectivity index (χ2n) is 2.44. The molecule has 56 valence electrons. The van der Waals surface area contributed by atoms with Crippen LogP contribution in [0.15, 0.2) is 12.2 Å². The molecule has 0 aromatic carbocycles. The zero-order valence-electron chi connectivity index (χ0n) is 6.43. The summed E-state index contributed by atoms with van der Waals surface area (Å²) in [7, 11) is 0. The van der Waals surface area contributed by atoms with Gasteiger partial charge in [0.25, 0.3) is 0 Å². The van der Waals surface area contributed by atoms with Crippen LogP contribution in [0.4, 0.5) is 0 Å². The highest BCUT2D eigenvalue weighted by atomic mass is 14.6. The van der Waals surface area contributed by atoms with Gasteiger partial charge in [-0.15, -0.1) is 0 Å². The van der Waals surface area contributed by atoms with Gasteiger partial charge in [-0.2, -0.15) is 0 Å². The minimum Gasteiger partial charge on any atom is -0.318 e. The van der Waals surface area contributed by atoms with Crippen molar-refractivity contribution in [3.8, 4) is 23.7 Å². The highest BCUT2D eigenvalue weighted by Gasteiger charge is 1.95. The first kappa shape index (κ1) is 7.92. The predicted octanol–water partition coefficient (Wildman–Crippen LogP) is 1.06. The minimum atomic E-state index is 0.0274. The molecular formula is C10H11N. The molecular weight excluding hydrogens is 134 g/mol. The van der Waals surface area contributed by atoms with Crippen molar-refractivity contribution in [1.82, 2.24) is 0 Å². The van der Waals surface area contributed by atoms with E-state index in [1.54, 1.807) is 12.2 Å². The Labute approximate surface area is 67.7 Å². The lowest BCUT2D eigenvalue weighted by molar-refractivity contribution is 0.694. The van der Waals surface area contributed by atoms with E-state index in [2.05, 4.69) is 23.7 Å². The molecule has 0 fully saturated rings. The van der Waals surface area contributed by atoms with E-state index in [4.69, 9.17) is 5.73 Å². The van der Waals surface area contributed by atoms with Gasteiger partial charge >= 0.3 is 0 Å². The van der Waals surface area contributed by atoms with Crippen LogP contribution in [0.5, 0.6) is 0 Å². The van der Waals surface area contributed by atoms with Gasteiger partial charge in [0.1, 0.15) is 0 Å². The minimum absolute atomic E-state index is 0.0274. The predicted molar refractivity (Wildman–Crippen MR) is 46.5 cm³/mol. The first-order valence-corrected chi connectivity index (χ1v) is 3.79. The molecule has 0 saturated carbocycles. The van der Waals surface area contributed by atoms with Gasteiger partial charge in [0.2, 0.25) is 0 Å². The highest BCUT2D eigenvalue weighted by molar-refractivity contribution is 5.26. The molecule has 0 saturated heterocycles. The molecule has 1 aliphatic carbocycles. The van der Waals surface area contributed by atoms with Crippen molar-refractivity contribution in [2.75, 3.05) is 0 Å². The van der Waals surface area contributed by atoms with Crippen LogP contribution in [-0.4, -0.2) is 6.04 Å². The Hall–Kier alpha value is -1.18. The van der Waals surface area contributed by atoms with Crippen molar-refractivity contribution in [2.45, 2.75) is 25.3 Å². The van der Waals surface area contributed by atoms with Crippen LogP contribution in [0, 0.1) is 23.7 Å². The van der Waals surface area contributed by atoms with E-state index < -0.39 is 0 Å². The molecule has 0 aromatic rings. The summed E-state index contributed by atoms with van der Waals surface area (Å²) in [6.07, 6.45) is 6.45. The van der Waals surface area contributed by atoms with E-state index in [9.17, 15) is 0 Å². The summed E-state index contributed by atoms with van der Waals surface area (Å²) in [6.45, 7) is 0. The maximum atomic E-state index is 5.67. The summed E-state index contributed by atoms with van der Waals surface area (Å²) in [5.74, 6) is 11.7. The van der Waals surface area contributed by atoms with Gasteiger partial charge < -0.3 is 5.73 Å². The Morgan fingerprint density at radius 1 is 1.27 bits per heavy atom. The van der Waals surface area contributed by atoms with Crippen molar-refractivity contribution in [3.63, 3.8) is 0 Å². The first-order chi connectivity index (χ1) is 5.39. The molecule has 11 heavy (non-hydrogen) atoms. The summed E-state index contributed by atoms with van der Waals surface area (Å²) >= 11 is 0. The standard InChI is InChI=1S/C10H11N/c11-10-8-6-4-2-1-3-5-7-9-10/h2,4,10H,5,7,9,11H2/b4-2-. The topological polar surface area (TPSA) is 26.0 Å². The monoisotopic (exact) mass is 145 g/mol. The molecule has 0 aliphatic heterocycles. The first-order valence-electron chi connectivity index (χ1n) is 3.79. The van der Waals surface area contributed by atoms with Crippen LogP contribution in [0.2, 0.25) is 0 Å². The van der Waals surface area contributed by atoms with Gasteiger partial charge in [0.15, 0.2) is 0 Å². The number of allylic oxidation sites excluding steroid dienone is 2. The van der Waals surface area contributed by atoms with Gasteiger partial charge in [-0.3, -0.25) is 0 Å². The van der Waals surface area contributed by atoms with Crippen molar-refractivity contribution in [3.05, 3.63) is 12.2 Å². The fourth-order valence-corrected chi connectivity index (χ4v) is 0.852. The Kier molecular flexibility index (Phi) is 3.32. The summed E-state index contributed by atoms with van der Waals surface area (Å²) in [6, 6.07) is 0.0274. The third kappa shape index (κ3) is 3.50. The maximum Gasteiger partial charge on any atom is 0.0668 e. The molecule has 1 atom stereocenters. The normalized spacial score (nSPS) is 25.4. The van der Waals surface area contributed by atoms with E-state index in [1.807, 2.05) is 0 Å². The molecule has 1 unspecified atom stereocenters. The summed E-state index contributed by atoms with van der Waals surface area (Å²) < 4.78 is 0.